The number of carbonyl (C=O) groups is 3. The zero-order valence-corrected chi connectivity index (χ0v) is 9.52. The summed E-state index contributed by atoms with van der Waals surface area (Å²) in [4.78, 5) is 34.4. The number of rotatable bonds is 5. The zero-order chi connectivity index (χ0) is 12.7. The van der Waals surface area contributed by atoms with E-state index in [2.05, 4.69) is 10.1 Å². The van der Waals surface area contributed by atoms with Crippen LogP contribution in [0.15, 0.2) is 0 Å². The van der Waals surface area contributed by atoms with E-state index in [-0.39, 0.29) is 12.5 Å². The molecule has 92 valence electrons. The van der Waals surface area contributed by atoms with Crippen molar-refractivity contribution in [2.45, 2.75) is 13.0 Å². The van der Waals surface area contributed by atoms with Crippen molar-refractivity contribution < 1.29 is 24.2 Å². The van der Waals surface area contributed by atoms with Crippen LogP contribution in [-0.2, 0) is 19.1 Å². The predicted molar refractivity (Wildman–Crippen MR) is 54.3 cm³/mol. The molecule has 0 bridgehead atoms. The third-order valence-electron chi connectivity index (χ3n) is 1.92. The van der Waals surface area contributed by atoms with Gasteiger partial charge in [0.15, 0.2) is 6.04 Å². The summed E-state index contributed by atoms with van der Waals surface area (Å²) < 4.78 is 4.36. The van der Waals surface area contributed by atoms with Gasteiger partial charge in [-0.2, -0.15) is 0 Å². The molecule has 0 rings (SSSR count). The summed E-state index contributed by atoms with van der Waals surface area (Å²) in [6.07, 6.45) is 0. The van der Waals surface area contributed by atoms with Crippen molar-refractivity contribution in [3.8, 4) is 0 Å². The number of aliphatic hydroxyl groups is 1. The predicted octanol–water partition coefficient (Wildman–Crippen LogP) is -1.89. The molecule has 0 heterocycles. The molecule has 0 saturated heterocycles. The van der Waals surface area contributed by atoms with Crippen LogP contribution in [0.1, 0.15) is 6.92 Å². The topological polar surface area (TPSA) is 95.9 Å². The number of amides is 2. The molecular weight excluding hydrogens is 216 g/mol. The molecule has 0 aromatic carbocycles. The molecule has 2 amide bonds. The lowest BCUT2D eigenvalue weighted by atomic mass is 10.3. The summed E-state index contributed by atoms with van der Waals surface area (Å²) in [5.74, 6) is -1.54. The van der Waals surface area contributed by atoms with E-state index in [1.807, 2.05) is 0 Å². The number of aliphatic hydroxyl groups excluding tert-OH is 1. The Morgan fingerprint density at radius 2 is 2.00 bits per heavy atom. The fourth-order valence-corrected chi connectivity index (χ4v) is 0.888. The van der Waals surface area contributed by atoms with E-state index in [9.17, 15) is 14.4 Å². The Bertz CT molecular complexity index is 279. The summed E-state index contributed by atoms with van der Waals surface area (Å²) in [6, 6.07) is -1.10. The molecule has 1 unspecified atom stereocenters. The fourth-order valence-electron chi connectivity index (χ4n) is 0.888. The molecule has 7 heteroatoms. The number of nitrogens with zero attached hydrogens (tertiary/aromatic N) is 1. The number of carbonyl (C=O) groups excluding carboxylic acids is 3. The quantitative estimate of drug-likeness (QED) is 0.540. The Morgan fingerprint density at radius 1 is 1.44 bits per heavy atom. The lowest BCUT2D eigenvalue weighted by Gasteiger charge is -2.17. The molecule has 0 fully saturated rings. The molecule has 7 nitrogen and oxygen atoms in total. The first-order valence-electron chi connectivity index (χ1n) is 4.62. The van der Waals surface area contributed by atoms with Gasteiger partial charge in [-0.3, -0.25) is 9.59 Å². The second kappa shape index (κ2) is 6.78. The van der Waals surface area contributed by atoms with E-state index < -0.39 is 24.5 Å². The van der Waals surface area contributed by atoms with Crippen molar-refractivity contribution in [3.05, 3.63) is 0 Å². The molecule has 0 aromatic heterocycles. The molecule has 0 aliphatic heterocycles. The smallest absolute Gasteiger partial charge is 0.330 e. The van der Waals surface area contributed by atoms with Crippen LogP contribution in [0.5, 0.6) is 0 Å². The third kappa shape index (κ3) is 4.74. The Kier molecular flexibility index (Phi) is 6.09. The van der Waals surface area contributed by atoms with E-state index in [0.29, 0.717) is 0 Å². The molecule has 16 heavy (non-hydrogen) atoms. The van der Waals surface area contributed by atoms with Crippen molar-refractivity contribution in [1.29, 1.82) is 0 Å². The van der Waals surface area contributed by atoms with Gasteiger partial charge in [-0.05, 0) is 0 Å². The van der Waals surface area contributed by atoms with Crippen LogP contribution >= 0.6 is 0 Å². The number of methoxy groups -OCH3 is 1. The number of esters is 1. The molecule has 2 N–H and O–H groups in total. The Labute approximate surface area is 93.4 Å². The van der Waals surface area contributed by atoms with E-state index in [1.165, 1.54) is 18.9 Å². The average Bonchev–Trinajstić information content (AvgIpc) is 2.24. The minimum absolute atomic E-state index is 0.178. The maximum absolute atomic E-state index is 11.3. The minimum Gasteiger partial charge on any atom is -0.467 e. The van der Waals surface area contributed by atoms with Crippen molar-refractivity contribution >= 4 is 17.8 Å². The lowest BCUT2D eigenvalue weighted by molar-refractivity contribution is -0.146. The normalized spacial score (nSPS) is 11.5. The van der Waals surface area contributed by atoms with Crippen molar-refractivity contribution in [1.82, 2.24) is 10.2 Å². The molecule has 1 atom stereocenters. The summed E-state index contributed by atoms with van der Waals surface area (Å²) in [6.45, 7) is 0.585. The van der Waals surface area contributed by atoms with E-state index in [1.54, 1.807) is 0 Å². The first-order chi connectivity index (χ1) is 7.42. The van der Waals surface area contributed by atoms with Crippen LogP contribution in [-0.4, -0.2) is 61.1 Å². The Balaban J connectivity index is 4.21. The second-order valence-corrected chi connectivity index (χ2v) is 3.20. The van der Waals surface area contributed by atoms with Gasteiger partial charge < -0.3 is 20.1 Å². The largest absolute Gasteiger partial charge is 0.467 e. The highest BCUT2D eigenvalue weighted by Gasteiger charge is 2.21. The van der Waals surface area contributed by atoms with Gasteiger partial charge >= 0.3 is 5.97 Å². The van der Waals surface area contributed by atoms with Crippen LogP contribution in [0.25, 0.3) is 0 Å². The van der Waals surface area contributed by atoms with Gasteiger partial charge in [0.25, 0.3) is 0 Å². The van der Waals surface area contributed by atoms with E-state index in [4.69, 9.17) is 5.11 Å². The van der Waals surface area contributed by atoms with Crippen LogP contribution < -0.4 is 5.32 Å². The average molecular weight is 232 g/mol. The van der Waals surface area contributed by atoms with Gasteiger partial charge in [-0.1, -0.05) is 0 Å². The van der Waals surface area contributed by atoms with Gasteiger partial charge in [0.2, 0.25) is 11.8 Å². The molecule has 0 aliphatic carbocycles. The molecule has 0 spiro atoms. The highest BCUT2D eigenvalue weighted by atomic mass is 16.5. The number of nitrogens with one attached hydrogen (secondary N) is 1. The van der Waals surface area contributed by atoms with E-state index >= 15 is 0 Å². The fraction of sp³-hybridized carbons (Fsp3) is 0.667. The maximum atomic E-state index is 11.3. The van der Waals surface area contributed by atoms with Gasteiger partial charge in [0.1, 0.15) is 0 Å². The highest BCUT2D eigenvalue weighted by molar-refractivity contribution is 5.87. The second-order valence-electron chi connectivity index (χ2n) is 3.20. The van der Waals surface area contributed by atoms with Crippen molar-refractivity contribution in [2.75, 3.05) is 27.3 Å². The lowest BCUT2D eigenvalue weighted by Crippen LogP contribution is -2.47. The Hall–Kier alpha value is -1.63. The third-order valence-corrected chi connectivity index (χ3v) is 1.92. The highest BCUT2D eigenvalue weighted by Crippen LogP contribution is 1.89. The number of hydrogen-bond acceptors (Lipinski definition) is 5. The van der Waals surface area contributed by atoms with E-state index in [0.717, 1.165) is 7.11 Å². The van der Waals surface area contributed by atoms with Crippen molar-refractivity contribution in [3.63, 3.8) is 0 Å². The van der Waals surface area contributed by atoms with Gasteiger partial charge in [0.05, 0.1) is 20.3 Å². The van der Waals surface area contributed by atoms with Crippen molar-refractivity contribution in [2.24, 2.45) is 0 Å². The summed E-state index contributed by atoms with van der Waals surface area (Å²) in [7, 11) is 2.60. The molecule has 0 radical (unpaired) electrons. The zero-order valence-electron chi connectivity index (χ0n) is 9.52. The standard InChI is InChI=1S/C9H16N2O5/c1-6(13)11(2)4-8(14)10-7(5-12)9(15)16-3/h7,12H,4-5H2,1-3H3,(H,10,14). The molecule has 0 saturated carbocycles. The molecule has 0 aliphatic rings. The number of likely N-dealkylation sites (N-methyl/N-ethyl adjacent to an activating group) is 1. The minimum atomic E-state index is -1.10. The van der Waals surface area contributed by atoms with Crippen LogP contribution in [0.4, 0.5) is 0 Å². The van der Waals surface area contributed by atoms with Crippen LogP contribution in [0, 0.1) is 0 Å². The number of hydrogen-bond donors (Lipinski definition) is 2. The van der Waals surface area contributed by atoms with Gasteiger partial charge in [-0.15, -0.1) is 0 Å². The summed E-state index contributed by atoms with van der Waals surface area (Å²) in [5.41, 5.74) is 0. The molecule has 0 aromatic rings. The first-order valence-corrected chi connectivity index (χ1v) is 4.62. The van der Waals surface area contributed by atoms with Gasteiger partial charge in [-0.25, -0.2) is 4.79 Å². The number of ether oxygens (including phenoxy) is 1. The summed E-state index contributed by atoms with van der Waals surface area (Å²) >= 11 is 0. The SMILES string of the molecule is COC(=O)C(CO)NC(=O)CN(C)C(C)=O. The first kappa shape index (κ1) is 14.4. The maximum Gasteiger partial charge on any atom is 0.330 e. The van der Waals surface area contributed by atoms with Crippen LogP contribution in [0.2, 0.25) is 0 Å². The summed E-state index contributed by atoms with van der Waals surface area (Å²) in [5, 5.41) is 11.1. The van der Waals surface area contributed by atoms with Crippen LogP contribution in [0.3, 0.4) is 0 Å². The Morgan fingerprint density at radius 3 is 2.38 bits per heavy atom. The monoisotopic (exact) mass is 232 g/mol. The molecular formula is C9H16N2O5. The van der Waals surface area contributed by atoms with Gasteiger partial charge in [0, 0.05) is 14.0 Å².